The Balaban J connectivity index is 1.16. The van der Waals surface area contributed by atoms with E-state index in [0.29, 0.717) is 29.2 Å². The van der Waals surface area contributed by atoms with Crippen molar-refractivity contribution < 1.29 is 41.7 Å². The highest BCUT2D eigenvalue weighted by molar-refractivity contribution is 5.91. The summed E-state index contributed by atoms with van der Waals surface area (Å²) in [5.74, 6) is 0.223. The lowest BCUT2D eigenvalue weighted by molar-refractivity contribution is -0.274. The molecule has 1 saturated heterocycles. The lowest BCUT2D eigenvalue weighted by Crippen LogP contribution is -2.43. The van der Waals surface area contributed by atoms with E-state index in [4.69, 9.17) is 18.9 Å². The van der Waals surface area contributed by atoms with Gasteiger partial charge in [-0.3, -0.25) is 0 Å². The maximum atomic E-state index is 12.5. The largest absolute Gasteiger partial charge is 0.573 e. The number of alkyl halides is 3. The molecule has 0 aromatic heterocycles. The number of esters is 1. The van der Waals surface area contributed by atoms with E-state index >= 15 is 0 Å². The van der Waals surface area contributed by atoms with E-state index in [0.717, 1.165) is 51.3 Å². The number of hydrogen-bond acceptors (Lipinski definition) is 6. The highest BCUT2D eigenvalue weighted by Gasteiger charge is 2.33. The fourth-order valence-electron chi connectivity index (χ4n) is 3.94. The molecule has 0 bridgehead atoms. The number of ether oxygens (including phenoxy) is 5. The van der Waals surface area contributed by atoms with Gasteiger partial charge in [0.1, 0.15) is 17.2 Å². The fraction of sp³-hybridized carbons (Fsp3) is 0.367. The van der Waals surface area contributed by atoms with Gasteiger partial charge in [0, 0.05) is 12.0 Å². The number of benzene rings is 3. The summed E-state index contributed by atoms with van der Waals surface area (Å²) in [5, 5.41) is 0. The second-order valence-corrected chi connectivity index (χ2v) is 9.78. The molecule has 0 saturated carbocycles. The molecule has 1 aliphatic heterocycles. The van der Waals surface area contributed by atoms with Crippen LogP contribution in [0.1, 0.15) is 36.5 Å². The first kappa shape index (κ1) is 28.4. The van der Waals surface area contributed by atoms with Crippen molar-refractivity contribution in [1.29, 1.82) is 0 Å². The van der Waals surface area contributed by atoms with Gasteiger partial charge in [-0.1, -0.05) is 31.2 Å². The van der Waals surface area contributed by atoms with Crippen molar-refractivity contribution in [2.45, 2.75) is 32.5 Å². The molecule has 1 aliphatic rings. The van der Waals surface area contributed by atoms with Gasteiger partial charge in [-0.2, -0.15) is 0 Å². The third-order valence-electron chi connectivity index (χ3n) is 6.13. The number of hydrogen-bond donors (Lipinski definition) is 0. The topological polar surface area (TPSA) is 63.2 Å². The molecule has 9 heteroatoms. The summed E-state index contributed by atoms with van der Waals surface area (Å²) in [6, 6.07) is 19.0. The fourth-order valence-corrected chi connectivity index (χ4v) is 3.94. The van der Waals surface area contributed by atoms with Crippen LogP contribution in [-0.2, 0) is 9.47 Å². The molecule has 4 rings (SSSR count). The molecule has 3 aromatic carbocycles. The van der Waals surface area contributed by atoms with E-state index < -0.39 is 12.3 Å². The first-order chi connectivity index (χ1) is 18.7. The zero-order valence-electron chi connectivity index (χ0n) is 21.7. The van der Waals surface area contributed by atoms with Crippen LogP contribution in [0.15, 0.2) is 72.8 Å². The van der Waals surface area contributed by atoms with Crippen molar-refractivity contribution in [3.63, 3.8) is 0 Å². The average molecular weight is 545 g/mol. The number of rotatable bonds is 13. The molecule has 208 valence electrons. The van der Waals surface area contributed by atoms with E-state index in [1.165, 1.54) is 24.3 Å². The van der Waals surface area contributed by atoms with Gasteiger partial charge in [0.05, 0.1) is 32.0 Å². The zero-order chi connectivity index (χ0) is 27.7. The van der Waals surface area contributed by atoms with Gasteiger partial charge in [0.2, 0.25) is 0 Å². The summed E-state index contributed by atoms with van der Waals surface area (Å²) in [7, 11) is 0. The summed E-state index contributed by atoms with van der Waals surface area (Å²) in [6.07, 6.45) is -1.83. The van der Waals surface area contributed by atoms with Gasteiger partial charge in [-0.05, 0) is 78.9 Å². The van der Waals surface area contributed by atoms with Gasteiger partial charge < -0.3 is 23.7 Å². The minimum absolute atomic E-state index is 0.184. The highest BCUT2D eigenvalue weighted by Crippen LogP contribution is 2.28. The Labute approximate surface area is 225 Å². The molecular weight excluding hydrogens is 513 g/mol. The molecule has 1 heterocycles. The van der Waals surface area contributed by atoms with Crippen LogP contribution in [0.2, 0.25) is 0 Å². The SMILES string of the molecule is CC1(COCCCCCOc2ccc(C(=O)Oc3ccc(-c4ccc(OC(F)(F)F)cc4)cc3)cc2)COC1. The number of unbranched alkanes of at least 4 members (excludes halogenated alkanes) is 2. The minimum Gasteiger partial charge on any atom is -0.494 e. The van der Waals surface area contributed by atoms with Gasteiger partial charge in [-0.25, -0.2) is 4.79 Å². The van der Waals surface area contributed by atoms with Crippen molar-refractivity contribution in [2.24, 2.45) is 5.41 Å². The molecule has 39 heavy (non-hydrogen) atoms. The zero-order valence-corrected chi connectivity index (χ0v) is 21.7. The molecule has 0 unspecified atom stereocenters. The smallest absolute Gasteiger partial charge is 0.494 e. The van der Waals surface area contributed by atoms with Crippen LogP contribution in [-0.4, -0.2) is 45.4 Å². The van der Waals surface area contributed by atoms with Crippen LogP contribution < -0.4 is 14.2 Å². The predicted molar refractivity (Wildman–Crippen MR) is 139 cm³/mol. The Morgan fingerprint density at radius 2 is 1.36 bits per heavy atom. The molecule has 6 nitrogen and oxygen atoms in total. The van der Waals surface area contributed by atoms with Crippen molar-refractivity contribution in [3.8, 4) is 28.4 Å². The summed E-state index contributed by atoms with van der Waals surface area (Å²) in [6.45, 7) is 5.78. The van der Waals surface area contributed by atoms with Crippen LogP contribution in [0.3, 0.4) is 0 Å². The quantitative estimate of drug-likeness (QED) is 0.130. The second-order valence-electron chi connectivity index (χ2n) is 9.78. The van der Waals surface area contributed by atoms with Crippen molar-refractivity contribution in [3.05, 3.63) is 78.4 Å². The average Bonchev–Trinajstić information content (AvgIpc) is 2.89. The van der Waals surface area contributed by atoms with Crippen molar-refractivity contribution in [2.75, 3.05) is 33.0 Å². The maximum absolute atomic E-state index is 12.5. The van der Waals surface area contributed by atoms with Crippen molar-refractivity contribution >= 4 is 5.97 Å². The molecule has 0 N–H and O–H groups in total. The van der Waals surface area contributed by atoms with Crippen molar-refractivity contribution in [1.82, 2.24) is 0 Å². The summed E-state index contributed by atoms with van der Waals surface area (Å²) >= 11 is 0. The van der Waals surface area contributed by atoms with Gasteiger partial charge in [0.25, 0.3) is 0 Å². The normalized spacial score (nSPS) is 14.4. The Bertz CT molecular complexity index is 1190. The summed E-state index contributed by atoms with van der Waals surface area (Å²) in [5.41, 5.74) is 2.01. The maximum Gasteiger partial charge on any atom is 0.573 e. The van der Waals surface area contributed by atoms with Gasteiger partial charge in [0.15, 0.2) is 0 Å². The number of carbonyl (C=O) groups excluding carboxylic acids is 1. The van der Waals surface area contributed by atoms with Crippen LogP contribution in [0.5, 0.6) is 17.2 Å². The molecule has 0 spiro atoms. The second kappa shape index (κ2) is 13.0. The van der Waals surface area contributed by atoms with E-state index in [-0.39, 0.29) is 11.2 Å². The Morgan fingerprint density at radius 1 is 0.795 bits per heavy atom. The van der Waals surface area contributed by atoms with E-state index in [1.807, 2.05) is 0 Å². The summed E-state index contributed by atoms with van der Waals surface area (Å²) in [4.78, 5) is 12.5. The van der Waals surface area contributed by atoms with Crippen LogP contribution in [0.4, 0.5) is 13.2 Å². The number of carbonyl (C=O) groups is 1. The highest BCUT2D eigenvalue weighted by atomic mass is 19.4. The monoisotopic (exact) mass is 544 g/mol. The Kier molecular flexibility index (Phi) is 9.48. The number of halogens is 3. The molecule has 0 radical (unpaired) electrons. The van der Waals surface area contributed by atoms with Gasteiger partial charge in [-0.15, -0.1) is 13.2 Å². The van der Waals surface area contributed by atoms with E-state index in [9.17, 15) is 18.0 Å². The first-order valence-electron chi connectivity index (χ1n) is 12.8. The Hall–Kier alpha value is -3.56. The lowest BCUT2D eigenvalue weighted by atomic mass is 9.90. The third kappa shape index (κ3) is 9.01. The molecule has 3 aromatic rings. The van der Waals surface area contributed by atoms with Crippen LogP contribution in [0, 0.1) is 5.41 Å². The third-order valence-corrected chi connectivity index (χ3v) is 6.13. The van der Waals surface area contributed by atoms with E-state index in [2.05, 4.69) is 11.7 Å². The predicted octanol–water partition coefficient (Wildman–Crippen LogP) is 7.07. The van der Waals surface area contributed by atoms with Crippen LogP contribution in [0.25, 0.3) is 11.1 Å². The van der Waals surface area contributed by atoms with E-state index in [1.54, 1.807) is 48.5 Å². The summed E-state index contributed by atoms with van der Waals surface area (Å²) < 4.78 is 63.0. The standard InChI is InChI=1S/C30H31F3O6/c1-29(20-36-21-29)19-35-17-3-2-4-18-37-25-11-9-24(10-12-25)28(34)38-26-13-5-22(6-14-26)23-7-15-27(16-8-23)39-30(31,32)33/h5-16H,2-4,17-21H2,1H3. The minimum atomic E-state index is -4.74. The molecule has 1 fully saturated rings. The lowest BCUT2D eigenvalue weighted by Gasteiger charge is -2.37. The Morgan fingerprint density at radius 3 is 1.92 bits per heavy atom. The molecule has 0 amide bonds. The van der Waals surface area contributed by atoms with Gasteiger partial charge >= 0.3 is 12.3 Å². The molecule has 0 aliphatic carbocycles. The van der Waals surface area contributed by atoms with Crippen LogP contribution >= 0.6 is 0 Å². The molecule has 0 atom stereocenters. The molecular formula is C30H31F3O6. The first-order valence-corrected chi connectivity index (χ1v) is 12.8.